The molecule has 0 saturated heterocycles. The highest BCUT2D eigenvalue weighted by molar-refractivity contribution is 5.85. The van der Waals surface area contributed by atoms with Gasteiger partial charge in [0, 0.05) is 6.04 Å². The average Bonchev–Trinajstić information content (AvgIpc) is 2.62. The van der Waals surface area contributed by atoms with E-state index in [0.29, 0.717) is 6.42 Å². The SMILES string of the molecule is CC(C)CC(N)C(O)C(O)C(Cc1ccccc1)C(=O)N[C@H](C(=O)O)C(C)C. The summed E-state index contributed by atoms with van der Waals surface area (Å²) in [5.41, 5.74) is 6.81. The van der Waals surface area contributed by atoms with Crippen LogP contribution in [-0.4, -0.2) is 51.5 Å². The van der Waals surface area contributed by atoms with Gasteiger partial charge in [0.25, 0.3) is 0 Å². The van der Waals surface area contributed by atoms with Crippen LogP contribution in [-0.2, 0) is 16.0 Å². The van der Waals surface area contributed by atoms with Crippen molar-refractivity contribution < 1.29 is 24.9 Å². The molecule has 0 saturated carbocycles. The van der Waals surface area contributed by atoms with Gasteiger partial charge in [0.05, 0.1) is 18.1 Å². The van der Waals surface area contributed by atoms with Gasteiger partial charge in [-0.1, -0.05) is 58.0 Å². The summed E-state index contributed by atoms with van der Waals surface area (Å²) < 4.78 is 0. The first kappa shape index (κ1) is 24.1. The average molecular weight is 395 g/mol. The molecule has 1 aromatic rings. The van der Waals surface area contributed by atoms with Crippen LogP contribution >= 0.6 is 0 Å². The highest BCUT2D eigenvalue weighted by Crippen LogP contribution is 2.20. The van der Waals surface area contributed by atoms with Gasteiger partial charge in [-0.05, 0) is 30.2 Å². The summed E-state index contributed by atoms with van der Waals surface area (Å²) in [5.74, 6) is -2.91. The Morgan fingerprint density at radius 2 is 1.61 bits per heavy atom. The minimum Gasteiger partial charge on any atom is -0.480 e. The van der Waals surface area contributed by atoms with E-state index in [9.17, 15) is 24.9 Å². The van der Waals surface area contributed by atoms with E-state index in [4.69, 9.17) is 5.73 Å². The molecule has 0 aromatic heterocycles. The minimum absolute atomic E-state index is 0.156. The number of carbonyl (C=O) groups excluding carboxylic acids is 1. The Kier molecular flexibility index (Phi) is 9.58. The maximum Gasteiger partial charge on any atom is 0.326 e. The standard InChI is InChI=1S/C21H34N2O5/c1-12(2)10-16(22)19(25)18(24)15(11-14-8-6-5-7-9-14)20(26)23-17(13(3)4)21(27)28/h5-9,12-13,15-19,24-25H,10-11,22H2,1-4H3,(H,23,26)(H,27,28)/t15?,16?,17-,18?,19?/m0/s1. The summed E-state index contributed by atoms with van der Waals surface area (Å²) in [7, 11) is 0. The Labute approximate surface area is 167 Å². The van der Waals surface area contributed by atoms with Crippen LogP contribution in [0, 0.1) is 17.8 Å². The fourth-order valence-electron chi connectivity index (χ4n) is 3.19. The van der Waals surface area contributed by atoms with Crippen molar-refractivity contribution in [1.82, 2.24) is 5.32 Å². The van der Waals surface area contributed by atoms with Crippen LogP contribution < -0.4 is 11.1 Å². The van der Waals surface area contributed by atoms with Crippen molar-refractivity contribution in [3.8, 4) is 0 Å². The molecule has 7 nitrogen and oxygen atoms in total. The van der Waals surface area contributed by atoms with Gasteiger partial charge in [-0.2, -0.15) is 0 Å². The quantitative estimate of drug-likeness (QED) is 0.383. The predicted octanol–water partition coefficient (Wildman–Crippen LogP) is 1.17. The zero-order valence-corrected chi connectivity index (χ0v) is 17.1. The topological polar surface area (TPSA) is 133 Å². The molecule has 0 spiro atoms. The number of nitrogens with one attached hydrogen (secondary N) is 1. The summed E-state index contributed by atoms with van der Waals surface area (Å²) in [6, 6.07) is 7.30. The fourth-order valence-corrected chi connectivity index (χ4v) is 3.19. The van der Waals surface area contributed by atoms with E-state index >= 15 is 0 Å². The second kappa shape index (κ2) is 11.1. The van der Waals surface area contributed by atoms with E-state index in [1.165, 1.54) is 0 Å². The second-order valence-electron chi connectivity index (χ2n) is 8.14. The van der Waals surface area contributed by atoms with E-state index in [0.717, 1.165) is 5.56 Å². The molecule has 6 N–H and O–H groups in total. The Bertz CT molecular complexity index is 620. The molecule has 0 aliphatic rings. The molecule has 0 aliphatic carbocycles. The Hall–Kier alpha value is -1.96. The fraction of sp³-hybridized carbons (Fsp3) is 0.619. The van der Waals surface area contributed by atoms with Crippen molar-refractivity contribution in [3.63, 3.8) is 0 Å². The Morgan fingerprint density at radius 3 is 2.07 bits per heavy atom. The Morgan fingerprint density at radius 1 is 1.04 bits per heavy atom. The highest BCUT2D eigenvalue weighted by atomic mass is 16.4. The van der Waals surface area contributed by atoms with Crippen LogP contribution in [0.1, 0.15) is 39.7 Å². The van der Waals surface area contributed by atoms with Crippen molar-refractivity contribution >= 4 is 11.9 Å². The third-order valence-electron chi connectivity index (χ3n) is 4.81. The van der Waals surface area contributed by atoms with Crippen LogP contribution in [0.2, 0.25) is 0 Å². The van der Waals surface area contributed by atoms with Crippen LogP contribution in [0.25, 0.3) is 0 Å². The maximum atomic E-state index is 12.9. The summed E-state index contributed by atoms with van der Waals surface area (Å²) in [5, 5.41) is 33.1. The summed E-state index contributed by atoms with van der Waals surface area (Å²) in [6.45, 7) is 7.28. The van der Waals surface area contributed by atoms with Gasteiger partial charge in [0.2, 0.25) is 5.91 Å². The highest BCUT2D eigenvalue weighted by Gasteiger charge is 2.37. The van der Waals surface area contributed by atoms with Crippen molar-refractivity contribution in [2.75, 3.05) is 0 Å². The van der Waals surface area contributed by atoms with Crippen LogP contribution in [0.15, 0.2) is 30.3 Å². The number of carbonyl (C=O) groups is 2. The van der Waals surface area contributed by atoms with Gasteiger partial charge < -0.3 is 26.4 Å². The second-order valence-corrected chi connectivity index (χ2v) is 8.14. The summed E-state index contributed by atoms with van der Waals surface area (Å²) >= 11 is 0. The largest absolute Gasteiger partial charge is 0.480 e. The van der Waals surface area contributed by atoms with Crippen molar-refractivity contribution in [2.45, 2.75) is 64.8 Å². The van der Waals surface area contributed by atoms with Gasteiger partial charge in [-0.15, -0.1) is 0 Å². The monoisotopic (exact) mass is 394 g/mol. The van der Waals surface area contributed by atoms with Gasteiger partial charge in [-0.3, -0.25) is 4.79 Å². The number of rotatable bonds is 11. The zero-order valence-electron chi connectivity index (χ0n) is 17.1. The lowest BCUT2D eigenvalue weighted by molar-refractivity contribution is -0.145. The number of carboxylic acids is 1. The van der Waals surface area contributed by atoms with Gasteiger partial charge in [0.15, 0.2) is 0 Å². The number of amides is 1. The van der Waals surface area contributed by atoms with E-state index in [1.807, 2.05) is 44.2 Å². The van der Waals surface area contributed by atoms with Gasteiger partial charge in [0.1, 0.15) is 6.04 Å². The maximum absolute atomic E-state index is 12.9. The van der Waals surface area contributed by atoms with Gasteiger partial charge in [-0.25, -0.2) is 4.79 Å². The molecule has 0 bridgehead atoms. The smallest absolute Gasteiger partial charge is 0.326 e. The molecule has 0 fully saturated rings. The number of nitrogens with two attached hydrogens (primary N) is 1. The molecule has 1 aromatic carbocycles. The molecule has 158 valence electrons. The predicted molar refractivity (Wildman–Crippen MR) is 107 cm³/mol. The zero-order chi connectivity index (χ0) is 21.4. The number of benzene rings is 1. The van der Waals surface area contributed by atoms with E-state index in [-0.39, 0.29) is 18.3 Å². The third-order valence-corrected chi connectivity index (χ3v) is 4.81. The van der Waals surface area contributed by atoms with Crippen molar-refractivity contribution in [2.24, 2.45) is 23.5 Å². The molecule has 4 unspecified atom stereocenters. The lowest BCUT2D eigenvalue weighted by atomic mass is 9.85. The normalized spacial score (nSPS) is 17.0. The van der Waals surface area contributed by atoms with Crippen LogP contribution in [0.3, 0.4) is 0 Å². The first-order valence-corrected chi connectivity index (χ1v) is 9.73. The first-order valence-electron chi connectivity index (χ1n) is 9.73. The van der Waals surface area contributed by atoms with Crippen molar-refractivity contribution in [3.05, 3.63) is 35.9 Å². The first-order chi connectivity index (χ1) is 13.0. The lowest BCUT2D eigenvalue weighted by Gasteiger charge is -2.31. The lowest BCUT2D eigenvalue weighted by Crippen LogP contribution is -2.54. The van der Waals surface area contributed by atoms with E-state index in [2.05, 4.69) is 5.32 Å². The number of aliphatic hydroxyl groups excluding tert-OH is 2. The van der Waals surface area contributed by atoms with E-state index in [1.54, 1.807) is 13.8 Å². The number of aliphatic hydroxyl groups is 2. The molecule has 0 aliphatic heterocycles. The summed E-state index contributed by atoms with van der Waals surface area (Å²) in [4.78, 5) is 24.3. The molecule has 1 amide bonds. The number of hydrogen-bond donors (Lipinski definition) is 5. The molecule has 28 heavy (non-hydrogen) atoms. The molecule has 0 radical (unpaired) electrons. The minimum atomic E-state index is -1.42. The van der Waals surface area contributed by atoms with E-state index < -0.39 is 42.1 Å². The van der Waals surface area contributed by atoms with Crippen molar-refractivity contribution in [1.29, 1.82) is 0 Å². The molecule has 5 atom stereocenters. The molecular formula is C21H34N2O5. The Balaban J connectivity index is 3.06. The molecule has 0 heterocycles. The number of aliphatic carboxylic acids is 1. The number of carboxylic acid groups (broad SMARTS) is 1. The molecule has 7 heteroatoms. The molecule has 1 rings (SSSR count). The molecular weight excluding hydrogens is 360 g/mol. The van der Waals surface area contributed by atoms with Crippen LogP contribution in [0.5, 0.6) is 0 Å². The third kappa shape index (κ3) is 7.22. The van der Waals surface area contributed by atoms with Crippen LogP contribution in [0.4, 0.5) is 0 Å². The summed E-state index contributed by atoms with van der Waals surface area (Å²) in [6.07, 6.45) is -2.08. The van der Waals surface area contributed by atoms with Gasteiger partial charge >= 0.3 is 5.97 Å². The number of hydrogen-bond acceptors (Lipinski definition) is 5.